The third kappa shape index (κ3) is 5.09. The van der Waals surface area contributed by atoms with Gasteiger partial charge in [-0.2, -0.15) is 0 Å². The van der Waals surface area contributed by atoms with Crippen molar-refractivity contribution in [1.82, 2.24) is 29.5 Å². The molecule has 2 fully saturated rings. The van der Waals surface area contributed by atoms with Crippen LogP contribution in [0.4, 0.5) is 20.3 Å². The van der Waals surface area contributed by atoms with Gasteiger partial charge in [0, 0.05) is 55.4 Å². The predicted octanol–water partition coefficient (Wildman–Crippen LogP) is 4.32. The van der Waals surface area contributed by atoms with Crippen LogP contribution in [-0.4, -0.2) is 74.7 Å². The predicted molar refractivity (Wildman–Crippen MR) is 156 cm³/mol. The molecule has 0 radical (unpaired) electrons. The van der Waals surface area contributed by atoms with E-state index >= 15 is 0 Å². The van der Waals surface area contributed by atoms with Crippen molar-refractivity contribution < 1.29 is 18.4 Å². The highest BCUT2D eigenvalue weighted by Crippen LogP contribution is 2.29. The molecule has 218 valence electrons. The molecule has 6 rings (SSSR count). The van der Waals surface area contributed by atoms with Gasteiger partial charge in [0.05, 0.1) is 17.9 Å². The summed E-state index contributed by atoms with van der Waals surface area (Å²) in [6.07, 6.45) is 5.54. The molecule has 2 saturated heterocycles. The van der Waals surface area contributed by atoms with Gasteiger partial charge in [-0.3, -0.25) is 14.0 Å². The normalized spacial score (nSPS) is 19.0. The van der Waals surface area contributed by atoms with E-state index in [2.05, 4.69) is 27.5 Å². The van der Waals surface area contributed by atoms with Crippen LogP contribution in [0.5, 0.6) is 0 Å². The van der Waals surface area contributed by atoms with Crippen molar-refractivity contribution in [2.45, 2.75) is 33.2 Å². The lowest BCUT2D eigenvalue weighted by molar-refractivity contribution is -0.134. The lowest BCUT2D eigenvalue weighted by atomic mass is 10.1. The standard InChI is InChI=1S/C31H33F2N7O2/c1-18-14-24(35-16-18)31(42)39-12-10-38(11-13-39)30(41)22-7-5-21(15-20(22)3)37-28-29-36-17-25(40(29)9-8-34-28)23-6-4-19(2)26(32)27(23)33/h4-9,15,17-18,24,35H,10-14,16H2,1-3H3,(H,34,37). The average molecular weight is 574 g/mol. The number of piperazine rings is 1. The Hall–Kier alpha value is -4.38. The Labute approximate surface area is 242 Å². The van der Waals surface area contributed by atoms with Crippen molar-refractivity contribution in [2.24, 2.45) is 5.92 Å². The van der Waals surface area contributed by atoms with Gasteiger partial charge in [0.2, 0.25) is 5.91 Å². The number of aromatic nitrogens is 3. The number of anilines is 2. The van der Waals surface area contributed by atoms with E-state index in [0.717, 1.165) is 18.5 Å². The third-order valence-corrected chi connectivity index (χ3v) is 8.23. The molecule has 2 aromatic heterocycles. The zero-order chi connectivity index (χ0) is 29.5. The minimum absolute atomic E-state index is 0.0655. The lowest BCUT2D eigenvalue weighted by Crippen LogP contribution is -2.54. The fraction of sp³-hybridized carbons (Fsp3) is 0.355. The van der Waals surface area contributed by atoms with Crippen LogP contribution in [0.2, 0.25) is 0 Å². The molecule has 2 aromatic carbocycles. The summed E-state index contributed by atoms with van der Waals surface area (Å²) < 4.78 is 30.6. The molecule has 4 aromatic rings. The molecule has 2 unspecified atom stereocenters. The van der Waals surface area contributed by atoms with Gasteiger partial charge >= 0.3 is 0 Å². The minimum atomic E-state index is -0.924. The van der Waals surface area contributed by atoms with E-state index in [9.17, 15) is 18.4 Å². The molecule has 2 N–H and O–H groups in total. The monoisotopic (exact) mass is 573 g/mol. The first-order valence-electron chi connectivity index (χ1n) is 14.2. The van der Waals surface area contributed by atoms with Crippen molar-refractivity contribution in [3.63, 3.8) is 0 Å². The number of halogens is 2. The molecule has 42 heavy (non-hydrogen) atoms. The first kappa shape index (κ1) is 27.8. The van der Waals surface area contributed by atoms with Crippen LogP contribution in [0.3, 0.4) is 0 Å². The highest BCUT2D eigenvalue weighted by atomic mass is 19.2. The molecule has 4 heterocycles. The Bertz CT molecular complexity index is 1680. The molecule has 9 nitrogen and oxygen atoms in total. The molecule has 0 saturated carbocycles. The Morgan fingerprint density at radius 2 is 1.74 bits per heavy atom. The molecule has 0 spiro atoms. The molecular weight excluding hydrogens is 540 g/mol. The number of imidazole rings is 1. The van der Waals surface area contributed by atoms with Crippen LogP contribution in [0.1, 0.15) is 34.8 Å². The maximum Gasteiger partial charge on any atom is 0.254 e. The zero-order valence-corrected chi connectivity index (χ0v) is 23.8. The van der Waals surface area contributed by atoms with Crippen LogP contribution in [0, 0.1) is 31.4 Å². The summed E-state index contributed by atoms with van der Waals surface area (Å²) in [5.74, 6) is -0.815. The highest BCUT2D eigenvalue weighted by molar-refractivity contribution is 5.96. The second kappa shape index (κ2) is 11.1. The summed E-state index contributed by atoms with van der Waals surface area (Å²) in [5, 5.41) is 6.55. The van der Waals surface area contributed by atoms with Gasteiger partial charge in [-0.25, -0.2) is 18.7 Å². The smallest absolute Gasteiger partial charge is 0.254 e. The van der Waals surface area contributed by atoms with E-state index in [0.29, 0.717) is 60.5 Å². The van der Waals surface area contributed by atoms with Gasteiger partial charge in [0.15, 0.2) is 23.1 Å². The first-order chi connectivity index (χ1) is 20.2. The van der Waals surface area contributed by atoms with Crippen molar-refractivity contribution in [3.8, 4) is 11.3 Å². The van der Waals surface area contributed by atoms with Crippen molar-refractivity contribution in [2.75, 3.05) is 38.0 Å². The maximum atomic E-state index is 14.7. The summed E-state index contributed by atoms with van der Waals surface area (Å²) in [5.41, 5.74) is 3.28. The first-order valence-corrected chi connectivity index (χ1v) is 14.2. The van der Waals surface area contributed by atoms with Gasteiger partial charge < -0.3 is 20.4 Å². The molecule has 11 heteroatoms. The molecule has 2 aliphatic heterocycles. The number of hydrogen-bond donors (Lipinski definition) is 2. The van der Waals surface area contributed by atoms with E-state index in [4.69, 9.17) is 0 Å². The number of rotatable bonds is 5. The Morgan fingerprint density at radius 1 is 0.976 bits per heavy atom. The number of carbonyl (C=O) groups excluding carboxylic acids is 2. The number of fused-ring (bicyclic) bond motifs is 1. The quantitative estimate of drug-likeness (QED) is 0.370. The van der Waals surface area contributed by atoms with E-state index in [1.54, 1.807) is 33.8 Å². The summed E-state index contributed by atoms with van der Waals surface area (Å²) in [6, 6.07) is 8.40. The van der Waals surface area contributed by atoms with Gasteiger partial charge in [0.1, 0.15) is 0 Å². The number of aryl methyl sites for hydroxylation is 2. The highest BCUT2D eigenvalue weighted by Gasteiger charge is 2.33. The summed E-state index contributed by atoms with van der Waals surface area (Å²) in [6.45, 7) is 8.43. The Balaban J connectivity index is 1.15. The van der Waals surface area contributed by atoms with Crippen LogP contribution >= 0.6 is 0 Å². The van der Waals surface area contributed by atoms with E-state index in [1.165, 1.54) is 25.3 Å². The van der Waals surface area contributed by atoms with Crippen molar-refractivity contribution in [1.29, 1.82) is 0 Å². The SMILES string of the molecule is Cc1cc(Nc2nccn3c(-c4ccc(C)c(F)c4F)cnc23)ccc1C(=O)N1CCN(C(=O)C2CC(C)CN2)CC1. The van der Waals surface area contributed by atoms with Crippen LogP contribution in [0.25, 0.3) is 16.9 Å². The van der Waals surface area contributed by atoms with E-state index in [1.807, 2.05) is 17.9 Å². The van der Waals surface area contributed by atoms with Gasteiger partial charge in [-0.05, 0) is 68.1 Å². The molecule has 2 amide bonds. The van der Waals surface area contributed by atoms with Gasteiger partial charge in [0.25, 0.3) is 5.91 Å². The fourth-order valence-electron chi connectivity index (χ4n) is 5.79. The fourth-order valence-corrected chi connectivity index (χ4v) is 5.79. The summed E-state index contributed by atoms with van der Waals surface area (Å²) in [4.78, 5) is 38.7. The van der Waals surface area contributed by atoms with Crippen LogP contribution in [0.15, 0.2) is 48.9 Å². The summed E-state index contributed by atoms with van der Waals surface area (Å²) in [7, 11) is 0. The minimum Gasteiger partial charge on any atom is -0.338 e. The Kier molecular flexibility index (Phi) is 7.36. The van der Waals surface area contributed by atoms with Crippen LogP contribution < -0.4 is 10.6 Å². The van der Waals surface area contributed by atoms with Crippen molar-refractivity contribution >= 4 is 29.0 Å². The third-order valence-electron chi connectivity index (χ3n) is 8.23. The topological polar surface area (TPSA) is 94.9 Å². The van der Waals surface area contributed by atoms with E-state index < -0.39 is 11.6 Å². The maximum absolute atomic E-state index is 14.7. The molecular formula is C31H33F2N7O2. The number of carbonyl (C=O) groups is 2. The lowest BCUT2D eigenvalue weighted by Gasteiger charge is -2.36. The molecule has 0 bridgehead atoms. The van der Waals surface area contributed by atoms with Gasteiger partial charge in [-0.15, -0.1) is 0 Å². The molecule has 2 aliphatic rings. The van der Waals surface area contributed by atoms with Crippen molar-refractivity contribution in [3.05, 3.63) is 77.2 Å². The number of benzene rings is 2. The number of nitrogens with one attached hydrogen (secondary N) is 2. The molecule has 0 aliphatic carbocycles. The summed E-state index contributed by atoms with van der Waals surface area (Å²) >= 11 is 0. The number of hydrogen-bond acceptors (Lipinski definition) is 6. The average Bonchev–Trinajstić information content (AvgIpc) is 3.63. The number of amides is 2. The second-order valence-electron chi connectivity index (χ2n) is 11.2. The number of nitrogens with zero attached hydrogens (tertiary/aromatic N) is 5. The molecule has 2 atom stereocenters. The largest absolute Gasteiger partial charge is 0.338 e. The Morgan fingerprint density at radius 3 is 2.45 bits per heavy atom. The zero-order valence-electron chi connectivity index (χ0n) is 23.8. The van der Waals surface area contributed by atoms with E-state index in [-0.39, 0.29) is 29.0 Å². The van der Waals surface area contributed by atoms with Gasteiger partial charge in [-0.1, -0.05) is 13.0 Å². The second-order valence-corrected chi connectivity index (χ2v) is 11.2. The van der Waals surface area contributed by atoms with Crippen LogP contribution in [-0.2, 0) is 4.79 Å².